The van der Waals surface area contributed by atoms with Crippen LogP contribution in [0.15, 0.2) is 0 Å². The molecule has 0 aromatic rings. The van der Waals surface area contributed by atoms with E-state index in [4.69, 9.17) is 37.0 Å². The summed E-state index contributed by atoms with van der Waals surface area (Å²) in [6, 6.07) is 0. The molecule has 3 unspecified atom stereocenters. The van der Waals surface area contributed by atoms with E-state index >= 15 is 0 Å². The number of aliphatic hydroxyl groups excluding tert-OH is 1. The van der Waals surface area contributed by atoms with Gasteiger partial charge in [-0.3, -0.25) is 37.3 Å². The number of phosphoric ester groups is 2. The molecule has 0 aliphatic heterocycles. The maximum absolute atomic E-state index is 13.2. The summed E-state index contributed by atoms with van der Waals surface area (Å²) >= 11 is 0. The van der Waals surface area contributed by atoms with Crippen molar-refractivity contribution >= 4 is 39.5 Å². The van der Waals surface area contributed by atoms with E-state index in [1.165, 1.54) is 308 Å². The van der Waals surface area contributed by atoms with Crippen molar-refractivity contribution in [3.63, 3.8) is 0 Å². The van der Waals surface area contributed by atoms with E-state index in [1.807, 2.05) is 0 Å². The maximum atomic E-state index is 13.2. The predicted molar refractivity (Wildman–Crippen MR) is 455 cm³/mol. The second-order valence-corrected chi connectivity index (χ2v) is 36.3. The first kappa shape index (κ1) is 108. The standard InChI is InChI=1S/C91H178O17P2/c1-7-10-12-14-16-18-20-22-24-26-27-28-33-36-40-44-48-55-61-67-73-88(93)101-79-86(107-90(95)75-70-64-58-50-46-42-38-34-30-29-32-35-39-43-47-54-60-66-72-84(6)9-3)81-105-109(97,98)103-77-85(92)78-104-110(99,100)106-82-87(80-102-89(94)74-68-62-56-52-51-53-59-65-71-83(4)5)108-91(96)76-69-63-57-49-45-41-37-31-25-23-21-19-17-15-13-11-8-2/h83-87,92H,7-82H2,1-6H3,(H,97,98)(H,99,100)/t84?,85-,86-,87-/m1/s1. The van der Waals surface area contributed by atoms with Gasteiger partial charge >= 0.3 is 39.5 Å². The Morgan fingerprint density at radius 2 is 0.464 bits per heavy atom. The van der Waals surface area contributed by atoms with Crippen molar-refractivity contribution in [2.24, 2.45) is 11.8 Å². The molecule has 654 valence electrons. The van der Waals surface area contributed by atoms with Crippen molar-refractivity contribution in [3.8, 4) is 0 Å². The summed E-state index contributed by atoms with van der Waals surface area (Å²) in [5, 5.41) is 10.7. The Balaban J connectivity index is 5.23. The van der Waals surface area contributed by atoms with Crippen molar-refractivity contribution in [2.45, 2.75) is 509 Å². The second kappa shape index (κ2) is 82.2. The first-order chi connectivity index (χ1) is 53.4. The van der Waals surface area contributed by atoms with E-state index < -0.39 is 97.5 Å². The number of esters is 4. The number of aliphatic hydroxyl groups is 1. The SMILES string of the molecule is CCCCCCCCCCCCCCCCCCCCCCC(=O)OC[C@H](COP(=O)(O)OC[C@@H](O)COP(=O)(O)OC[C@@H](COC(=O)CCCCCCCCCCC(C)C)OC(=O)CCCCCCCCCCCCCCCCCCC)OC(=O)CCCCCCCCCCCCCCCCCCCCC(C)CC. The number of carbonyl (C=O) groups excluding carboxylic acids is 4. The fourth-order valence-electron chi connectivity index (χ4n) is 14.3. The quantitative estimate of drug-likeness (QED) is 0.0222. The average molecular weight is 1610 g/mol. The molecule has 3 N–H and O–H groups in total. The molecule has 6 atom stereocenters. The molecule has 0 saturated heterocycles. The lowest BCUT2D eigenvalue weighted by Gasteiger charge is -2.21. The Bertz CT molecular complexity index is 2100. The van der Waals surface area contributed by atoms with Crippen molar-refractivity contribution in [3.05, 3.63) is 0 Å². The maximum Gasteiger partial charge on any atom is 0.472 e. The van der Waals surface area contributed by atoms with E-state index in [9.17, 15) is 43.2 Å². The molecule has 0 aromatic carbocycles. The van der Waals surface area contributed by atoms with Gasteiger partial charge in [0.2, 0.25) is 0 Å². The predicted octanol–water partition coefficient (Wildman–Crippen LogP) is 28.2. The monoisotopic (exact) mass is 1610 g/mol. The van der Waals surface area contributed by atoms with E-state index in [-0.39, 0.29) is 25.7 Å². The van der Waals surface area contributed by atoms with Crippen LogP contribution in [-0.2, 0) is 65.4 Å². The summed E-state index contributed by atoms with van der Waals surface area (Å²) in [5.74, 6) is -0.499. The third-order valence-electron chi connectivity index (χ3n) is 21.8. The van der Waals surface area contributed by atoms with Gasteiger partial charge in [0.05, 0.1) is 26.4 Å². The Kier molecular flexibility index (Phi) is 80.7. The number of ether oxygens (including phenoxy) is 4. The third kappa shape index (κ3) is 82.6. The normalized spacial score (nSPS) is 14.0. The van der Waals surface area contributed by atoms with Gasteiger partial charge in [0.15, 0.2) is 12.2 Å². The zero-order valence-corrected chi connectivity index (χ0v) is 74.4. The van der Waals surface area contributed by atoms with Gasteiger partial charge in [0.25, 0.3) is 0 Å². The van der Waals surface area contributed by atoms with Crippen molar-refractivity contribution in [2.75, 3.05) is 39.6 Å². The van der Waals surface area contributed by atoms with Crippen LogP contribution in [0, 0.1) is 11.8 Å². The Morgan fingerprint density at radius 3 is 0.691 bits per heavy atom. The van der Waals surface area contributed by atoms with Gasteiger partial charge in [0, 0.05) is 25.7 Å². The van der Waals surface area contributed by atoms with Crippen LogP contribution in [0.25, 0.3) is 0 Å². The topological polar surface area (TPSA) is 237 Å². The Hall–Kier alpha value is -1.94. The van der Waals surface area contributed by atoms with E-state index in [1.54, 1.807) is 0 Å². The van der Waals surface area contributed by atoms with E-state index in [2.05, 4.69) is 41.5 Å². The average Bonchev–Trinajstić information content (AvgIpc) is 0.897. The minimum Gasteiger partial charge on any atom is -0.462 e. The first-order valence-corrected chi connectivity index (χ1v) is 50.0. The van der Waals surface area contributed by atoms with Crippen LogP contribution in [-0.4, -0.2) is 96.7 Å². The molecule has 0 amide bonds. The van der Waals surface area contributed by atoms with E-state index in [0.29, 0.717) is 25.7 Å². The van der Waals surface area contributed by atoms with Crippen molar-refractivity contribution in [1.82, 2.24) is 0 Å². The molecule has 17 nitrogen and oxygen atoms in total. The number of unbranched alkanes of at least 4 members (excludes halogenated alkanes) is 59. The lowest BCUT2D eigenvalue weighted by molar-refractivity contribution is -0.161. The molecule has 0 bridgehead atoms. The van der Waals surface area contributed by atoms with Crippen LogP contribution in [0.1, 0.15) is 491 Å². The lowest BCUT2D eigenvalue weighted by Crippen LogP contribution is -2.30. The fourth-order valence-corrected chi connectivity index (χ4v) is 15.9. The zero-order chi connectivity index (χ0) is 80.6. The molecule has 0 aliphatic carbocycles. The largest absolute Gasteiger partial charge is 0.472 e. The van der Waals surface area contributed by atoms with Gasteiger partial charge in [-0.15, -0.1) is 0 Å². The third-order valence-corrected chi connectivity index (χ3v) is 23.7. The Morgan fingerprint density at radius 1 is 0.264 bits per heavy atom. The highest BCUT2D eigenvalue weighted by molar-refractivity contribution is 7.47. The summed E-state index contributed by atoms with van der Waals surface area (Å²) in [5.41, 5.74) is 0. The van der Waals surface area contributed by atoms with Crippen LogP contribution in [0.2, 0.25) is 0 Å². The van der Waals surface area contributed by atoms with Crippen LogP contribution in [0.5, 0.6) is 0 Å². The number of rotatable bonds is 90. The molecule has 0 aliphatic rings. The summed E-state index contributed by atoms with van der Waals surface area (Å²) in [7, 11) is -9.94. The number of hydrogen-bond acceptors (Lipinski definition) is 15. The summed E-state index contributed by atoms with van der Waals surface area (Å²) in [4.78, 5) is 73.4. The van der Waals surface area contributed by atoms with Gasteiger partial charge in [-0.1, -0.05) is 440 Å². The van der Waals surface area contributed by atoms with Crippen molar-refractivity contribution in [1.29, 1.82) is 0 Å². The first-order valence-electron chi connectivity index (χ1n) is 47.0. The van der Waals surface area contributed by atoms with E-state index in [0.717, 1.165) is 102 Å². The number of carbonyl (C=O) groups is 4. The molecule has 0 rings (SSSR count). The minimum absolute atomic E-state index is 0.108. The highest BCUT2D eigenvalue weighted by Gasteiger charge is 2.31. The smallest absolute Gasteiger partial charge is 0.462 e. The van der Waals surface area contributed by atoms with Crippen LogP contribution >= 0.6 is 15.6 Å². The fraction of sp³-hybridized carbons (Fsp3) is 0.956. The second-order valence-electron chi connectivity index (χ2n) is 33.4. The molecule has 0 fully saturated rings. The molecule has 0 aromatic heterocycles. The summed E-state index contributed by atoms with van der Waals surface area (Å²) in [6.07, 6.45) is 76.5. The Labute approximate surface area is 677 Å². The zero-order valence-electron chi connectivity index (χ0n) is 72.6. The highest BCUT2D eigenvalue weighted by atomic mass is 31.2. The van der Waals surface area contributed by atoms with Gasteiger partial charge in [-0.05, 0) is 37.5 Å². The molecule has 0 saturated carbocycles. The minimum atomic E-state index is -4.97. The van der Waals surface area contributed by atoms with Gasteiger partial charge in [-0.25, -0.2) is 9.13 Å². The highest BCUT2D eigenvalue weighted by Crippen LogP contribution is 2.45. The summed E-state index contributed by atoms with van der Waals surface area (Å²) < 4.78 is 69.1. The van der Waals surface area contributed by atoms with Gasteiger partial charge in [-0.2, -0.15) is 0 Å². The number of phosphoric acid groups is 2. The van der Waals surface area contributed by atoms with Crippen molar-refractivity contribution < 1.29 is 80.2 Å². The molecular formula is C91H178O17P2. The molecule has 0 heterocycles. The lowest BCUT2D eigenvalue weighted by atomic mass is 9.99. The summed E-state index contributed by atoms with van der Waals surface area (Å²) in [6.45, 7) is 9.74. The molecule has 0 spiro atoms. The van der Waals surface area contributed by atoms with Crippen LogP contribution in [0.3, 0.4) is 0 Å². The van der Waals surface area contributed by atoms with Gasteiger partial charge in [0.1, 0.15) is 19.3 Å². The van der Waals surface area contributed by atoms with Crippen LogP contribution < -0.4 is 0 Å². The van der Waals surface area contributed by atoms with Gasteiger partial charge < -0.3 is 33.8 Å². The molecule has 110 heavy (non-hydrogen) atoms. The van der Waals surface area contributed by atoms with Crippen LogP contribution in [0.4, 0.5) is 0 Å². The molecule has 0 radical (unpaired) electrons. The number of hydrogen-bond donors (Lipinski definition) is 3. The molecule has 19 heteroatoms. The molecular weight excluding hydrogens is 1430 g/mol.